The van der Waals surface area contributed by atoms with Crippen molar-refractivity contribution in [2.75, 3.05) is 18.4 Å². The minimum atomic E-state index is -0.710. The van der Waals surface area contributed by atoms with Crippen LogP contribution in [0.2, 0.25) is 0 Å². The highest BCUT2D eigenvalue weighted by atomic mass is 32.1. The molecule has 4 rings (SSSR count). The highest BCUT2D eigenvalue weighted by molar-refractivity contribution is 7.17. The SMILES string of the molecule is CC(=O)c1sc(NC(=O)N[C@@H]2CCCC[C@@H]2CN2CC(=O)N[C@@H](Cc3ccc(F)cc3)C2=O)nc1C. The normalized spacial score (nSPS) is 22.2. The van der Waals surface area contributed by atoms with Gasteiger partial charge in [0.2, 0.25) is 11.8 Å². The summed E-state index contributed by atoms with van der Waals surface area (Å²) in [5.41, 5.74) is 1.34. The number of rotatable bonds is 7. The third-order valence-electron chi connectivity index (χ3n) is 6.65. The van der Waals surface area contributed by atoms with Crippen molar-refractivity contribution in [3.05, 3.63) is 46.2 Å². The maximum Gasteiger partial charge on any atom is 0.321 e. The molecule has 2 aliphatic rings. The molecule has 3 N–H and O–H groups in total. The molecule has 1 saturated heterocycles. The molecule has 1 aromatic heterocycles. The van der Waals surface area contributed by atoms with Crippen LogP contribution in [-0.4, -0.2) is 58.7 Å². The van der Waals surface area contributed by atoms with E-state index >= 15 is 0 Å². The number of carbonyl (C=O) groups excluding carboxylic acids is 4. The van der Waals surface area contributed by atoms with Gasteiger partial charge >= 0.3 is 6.03 Å². The van der Waals surface area contributed by atoms with Crippen LogP contribution in [0, 0.1) is 18.7 Å². The Kier molecular flexibility index (Phi) is 7.97. The van der Waals surface area contributed by atoms with E-state index in [0.29, 0.717) is 22.2 Å². The van der Waals surface area contributed by atoms with Gasteiger partial charge in [-0.2, -0.15) is 0 Å². The molecular formula is C25H30FN5O4S. The van der Waals surface area contributed by atoms with Crippen molar-refractivity contribution in [3.8, 4) is 0 Å². The molecule has 1 saturated carbocycles. The molecule has 4 amide bonds. The van der Waals surface area contributed by atoms with Crippen molar-refractivity contribution in [2.24, 2.45) is 5.92 Å². The zero-order chi connectivity index (χ0) is 25.8. The van der Waals surface area contributed by atoms with Crippen LogP contribution in [-0.2, 0) is 16.0 Å². The first kappa shape index (κ1) is 25.7. The van der Waals surface area contributed by atoms with Crippen molar-refractivity contribution < 1.29 is 23.6 Å². The minimum Gasteiger partial charge on any atom is -0.342 e. The molecule has 0 unspecified atom stereocenters. The lowest BCUT2D eigenvalue weighted by Crippen LogP contribution is -2.60. The number of nitrogens with one attached hydrogen (secondary N) is 3. The Balaban J connectivity index is 1.38. The highest BCUT2D eigenvalue weighted by Crippen LogP contribution is 2.27. The summed E-state index contributed by atoms with van der Waals surface area (Å²) in [5, 5.41) is 8.83. The average Bonchev–Trinajstić information content (AvgIpc) is 3.19. The monoisotopic (exact) mass is 515 g/mol. The zero-order valence-corrected chi connectivity index (χ0v) is 21.1. The third kappa shape index (κ3) is 6.26. The van der Waals surface area contributed by atoms with E-state index in [-0.39, 0.29) is 48.3 Å². The van der Waals surface area contributed by atoms with E-state index in [2.05, 4.69) is 20.9 Å². The number of nitrogens with zero attached hydrogens (tertiary/aromatic N) is 2. The van der Waals surface area contributed by atoms with Crippen LogP contribution in [0.3, 0.4) is 0 Å². The molecule has 3 atom stereocenters. The maximum absolute atomic E-state index is 13.2. The number of thiazole rings is 1. The predicted octanol–water partition coefficient (Wildman–Crippen LogP) is 3.04. The molecule has 9 nitrogen and oxygen atoms in total. The number of carbonyl (C=O) groups is 4. The second-order valence-electron chi connectivity index (χ2n) is 9.41. The van der Waals surface area contributed by atoms with E-state index in [1.165, 1.54) is 19.1 Å². The summed E-state index contributed by atoms with van der Waals surface area (Å²) < 4.78 is 13.2. The summed E-state index contributed by atoms with van der Waals surface area (Å²) >= 11 is 1.14. The zero-order valence-electron chi connectivity index (χ0n) is 20.3. The highest BCUT2D eigenvalue weighted by Gasteiger charge is 2.36. The molecule has 192 valence electrons. The molecule has 0 spiro atoms. The number of piperazine rings is 1. The van der Waals surface area contributed by atoms with Crippen LogP contribution in [0.15, 0.2) is 24.3 Å². The van der Waals surface area contributed by atoms with Gasteiger partial charge in [-0.25, -0.2) is 14.2 Å². The number of aromatic nitrogens is 1. The quantitative estimate of drug-likeness (QED) is 0.490. The smallest absolute Gasteiger partial charge is 0.321 e. The minimum absolute atomic E-state index is 0.00312. The first-order valence-electron chi connectivity index (χ1n) is 12.1. The van der Waals surface area contributed by atoms with Gasteiger partial charge in [-0.3, -0.25) is 19.7 Å². The second kappa shape index (κ2) is 11.2. The van der Waals surface area contributed by atoms with Gasteiger partial charge in [0, 0.05) is 25.9 Å². The van der Waals surface area contributed by atoms with Gasteiger partial charge in [-0.05, 0) is 43.4 Å². The number of Topliss-reactive ketones (excluding diaryl/α,β-unsaturated/α-hetero) is 1. The number of ketones is 1. The lowest BCUT2D eigenvalue weighted by Gasteiger charge is -2.39. The van der Waals surface area contributed by atoms with Crippen molar-refractivity contribution in [2.45, 2.75) is 58.0 Å². The summed E-state index contributed by atoms with van der Waals surface area (Å²) in [4.78, 5) is 56.3. The second-order valence-corrected chi connectivity index (χ2v) is 10.4. The van der Waals surface area contributed by atoms with E-state index in [1.54, 1.807) is 24.0 Å². The number of amides is 4. The Bertz CT molecular complexity index is 1150. The average molecular weight is 516 g/mol. The Morgan fingerprint density at radius 1 is 1.19 bits per heavy atom. The van der Waals surface area contributed by atoms with Crippen molar-refractivity contribution in [3.63, 3.8) is 0 Å². The van der Waals surface area contributed by atoms with Gasteiger partial charge < -0.3 is 15.5 Å². The van der Waals surface area contributed by atoms with E-state index in [4.69, 9.17) is 0 Å². The van der Waals surface area contributed by atoms with Crippen LogP contribution in [0.1, 0.15) is 53.5 Å². The summed E-state index contributed by atoms with van der Waals surface area (Å²) in [6.45, 7) is 3.52. The van der Waals surface area contributed by atoms with Crippen molar-refractivity contribution in [1.82, 2.24) is 20.5 Å². The third-order valence-corrected chi connectivity index (χ3v) is 7.82. The first-order chi connectivity index (χ1) is 17.2. The molecule has 1 aliphatic carbocycles. The van der Waals surface area contributed by atoms with E-state index < -0.39 is 12.1 Å². The molecule has 1 aromatic carbocycles. The van der Waals surface area contributed by atoms with Gasteiger partial charge in [-0.1, -0.05) is 36.3 Å². The van der Waals surface area contributed by atoms with E-state index in [0.717, 1.165) is 42.6 Å². The topological polar surface area (TPSA) is 121 Å². The summed E-state index contributed by atoms with van der Waals surface area (Å²) in [5.74, 6) is -0.873. The molecule has 36 heavy (non-hydrogen) atoms. The molecule has 2 heterocycles. The molecule has 0 bridgehead atoms. The van der Waals surface area contributed by atoms with Crippen molar-refractivity contribution in [1.29, 1.82) is 0 Å². The van der Waals surface area contributed by atoms with Crippen LogP contribution >= 0.6 is 11.3 Å². The molecule has 2 aromatic rings. The van der Waals surface area contributed by atoms with Gasteiger partial charge in [-0.15, -0.1) is 0 Å². The van der Waals surface area contributed by atoms with E-state index in [1.807, 2.05) is 0 Å². The van der Waals surface area contributed by atoms with Crippen LogP contribution in [0.4, 0.5) is 14.3 Å². The largest absolute Gasteiger partial charge is 0.342 e. The standard InChI is InChI=1S/C25H30FN5O4S/c1-14-22(15(2)32)36-25(27-14)30-24(35)29-19-6-4-3-5-17(19)12-31-13-21(33)28-20(23(31)34)11-16-7-9-18(26)10-8-16/h7-10,17,19-20H,3-6,11-13H2,1-2H3,(H,28,33)(H2,27,29,30,35)/t17-,19-,20+/m1/s1. The molecular weight excluding hydrogens is 485 g/mol. The van der Waals surface area contributed by atoms with Gasteiger partial charge in [0.05, 0.1) is 17.1 Å². The lowest BCUT2D eigenvalue weighted by atomic mass is 9.84. The Morgan fingerprint density at radius 2 is 1.92 bits per heavy atom. The molecule has 11 heteroatoms. The first-order valence-corrected chi connectivity index (χ1v) is 12.9. The number of anilines is 1. The van der Waals surface area contributed by atoms with Crippen LogP contribution in [0.5, 0.6) is 0 Å². The summed E-state index contributed by atoms with van der Waals surface area (Å²) in [6.07, 6.45) is 3.80. The van der Waals surface area contributed by atoms with Crippen molar-refractivity contribution >= 4 is 40.1 Å². The number of halogens is 1. The van der Waals surface area contributed by atoms with Crippen LogP contribution in [0.25, 0.3) is 0 Å². The number of hydrogen-bond donors (Lipinski definition) is 3. The Morgan fingerprint density at radius 3 is 2.61 bits per heavy atom. The number of urea groups is 1. The van der Waals surface area contributed by atoms with E-state index in [9.17, 15) is 23.6 Å². The Labute approximate surface area is 212 Å². The Hall–Kier alpha value is -3.34. The maximum atomic E-state index is 13.2. The molecule has 0 radical (unpaired) electrons. The molecule has 2 fully saturated rings. The number of aryl methyl sites for hydroxylation is 1. The fraction of sp³-hybridized carbons (Fsp3) is 0.480. The van der Waals surface area contributed by atoms with Gasteiger partial charge in [0.1, 0.15) is 11.9 Å². The number of hydrogen-bond acceptors (Lipinski definition) is 6. The van der Waals surface area contributed by atoms with Gasteiger partial charge in [0.25, 0.3) is 0 Å². The summed E-state index contributed by atoms with van der Waals surface area (Å²) in [7, 11) is 0. The van der Waals surface area contributed by atoms with Gasteiger partial charge in [0.15, 0.2) is 10.9 Å². The fourth-order valence-corrected chi connectivity index (χ4v) is 5.76. The predicted molar refractivity (Wildman–Crippen MR) is 133 cm³/mol. The fourth-order valence-electron chi connectivity index (χ4n) is 4.90. The lowest BCUT2D eigenvalue weighted by molar-refractivity contribution is -0.145. The summed E-state index contributed by atoms with van der Waals surface area (Å²) in [6, 6.07) is 4.60. The number of benzene rings is 1. The molecule has 1 aliphatic heterocycles. The van der Waals surface area contributed by atoms with Crippen LogP contribution < -0.4 is 16.0 Å².